The molecule has 0 aromatic heterocycles. The molecule has 2 rings (SSSR count). The minimum absolute atomic E-state index is 0.0460. The molecule has 1 heterocycles. The molecule has 5 heteroatoms. The highest BCUT2D eigenvalue weighted by Gasteiger charge is 2.23. The third-order valence-corrected chi connectivity index (χ3v) is 3.05. The second kappa shape index (κ2) is 5.73. The fourth-order valence-electron chi connectivity index (χ4n) is 2.09. The summed E-state index contributed by atoms with van der Waals surface area (Å²) in [6.07, 6.45) is 1.89. The first kappa shape index (κ1) is 12.7. The predicted octanol–water partition coefficient (Wildman–Crippen LogP) is 1.39. The summed E-state index contributed by atoms with van der Waals surface area (Å²) in [5.41, 5.74) is 0.584. The first-order valence-electron chi connectivity index (χ1n) is 6.01. The summed E-state index contributed by atoms with van der Waals surface area (Å²) in [5, 5.41) is 6.03. The van der Waals surface area contributed by atoms with Crippen molar-refractivity contribution < 1.29 is 14.3 Å². The monoisotopic (exact) mass is 250 g/mol. The molecule has 0 spiro atoms. The highest BCUT2D eigenvalue weighted by atomic mass is 16.5. The fourth-order valence-corrected chi connectivity index (χ4v) is 2.09. The van der Waals surface area contributed by atoms with E-state index in [0.29, 0.717) is 17.2 Å². The maximum atomic E-state index is 12.1. The van der Waals surface area contributed by atoms with Crippen molar-refractivity contribution in [1.82, 2.24) is 5.32 Å². The lowest BCUT2D eigenvalue weighted by atomic mass is 10.2. The number of amides is 1. The molecule has 1 aromatic rings. The summed E-state index contributed by atoms with van der Waals surface area (Å²) in [6.45, 7) is 0.890. The molecule has 1 fully saturated rings. The lowest BCUT2D eigenvalue weighted by molar-refractivity contribution is -0.117. The molecule has 1 atom stereocenters. The zero-order chi connectivity index (χ0) is 13.0. The van der Waals surface area contributed by atoms with Crippen LogP contribution in [0.5, 0.6) is 11.5 Å². The SMILES string of the molecule is COc1cccc(OC)c1NC(=O)[C@@H]1CCCN1. The van der Waals surface area contributed by atoms with Crippen LogP contribution in [-0.2, 0) is 4.79 Å². The Labute approximate surface area is 106 Å². The van der Waals surface area contributed by atoms with Crippen LogP contribution in [0.25, 0.3) is 0 Å². The van der Waals surface area contributed by atoms with E-state index in [9.17, 15) is 4.79 Å². The standard InChI is InChI=1S/C13H18N2O3/c1-17-10-6-3-7-11(18-2)12(10)15-13(16)9-5-4-8-14-9/h3,6-7,9,14H,4-5,8H2,1-2H3,(H,15,16)/t9-/m0/s1. The second-order valence-corrected chi connectivity index (χ2v) is 4.18. The lowest BCUT2D eigenvalue weighted by Gasteiger charge is -2.16. The van der Waals surface area contributed by atoms with Crippen LogP contribution in [-0.4, -0.2) is 32.7 Å². The van der Waals surface area contributed by atoms with Crippen molar-refractivity contribution in [2.75, 3.05) is 26.1 Å². The lowest BCUT2D eigenvalue weighted by Crippen LogP contribution is -2.35. The van der Waals surface area contributed by atoms with Crippen LogP contribution < -0.4 is 20.1 Å². The molecule has 0 unspecified atom stereocenters. The van der Waals surface area contributed by atoms with Gasteiger partial charge in [-0.15, -0.1) is 0 Å². The average Bonchev–Trinajstić information content (AvgIpc) is 2.93. The quantitative estimate of drug-likeness (QED) is 0.848. The summed E-state index contributed by atoms with van der Waals surface area (Å²) in [4.78, 5) is 12.1. The summed E-state index contributed by atoms with van der Waals surface area (Å²) in [5.74, 6) is 1.15. The number of hydrogen-bond acceptors (Lipinski definition) is 4. The van der Waals surface area contributed by atoms with Crippen LogP contribution >= 0.6 is 0 Å². The molecule has 1 aliphatic rings. The van der Waals surface area contributed by atoms with Crippen LogP contribution in [0.15, 0.2) is 18.2 Å². The first-order valence-corrected chi connectivity index (χ1v) is 6.01. The molecule has 1 aromatic carbocycles. The zero-order valence-electron chi connectivity index (χ0n) is 10.7. The van der Waals surface area contributed by atoms with Gasteiger partial charge >= 0.3 is 0 Å². The normalized spacial score (nSPS) is 18.4. The number of hydrogen-bond donors (Lipinski definition) is 2. The second-order valence-electron chi connectivity index (χ2n) is 4.18. The minimum Gasteiger partial charge on any atom is -0.494 e. The molecule has 1 saturated heterocycles. The van der Waals surface area contributed by atoms with Gasteiger partial charge in [0, 0.05) is 0 Å². The van der Waals surface area contributed by atoms with Gasteiger partial charge in [0.15, 0.2) is 0 Å². The Morgan fingerprint density at radius 2 is 2.00 bits per heavy atom. The van der Waals surface area contributed by atoms with E-state index in [0.717, 1.165) is 19.4 Å². The van der Waals surface area contributed by atoms with Gasteiger partial charge in [0.1, 0.15) is 17.2 Å². The summed E-state index contributed by atoms with van der Waals surface area (Å²) < 4.78 is 10.5. The molecule has 1 amide bonds. The highest BCUT2D eigenvalue weighted by Crippen LogP contribution is 2.34. The van der Waals surface area contributed by atoms with Crippen molar-refractivity contribution in [2.45, 2.75) is 18.9 Å². The largest absolute Gasteiger partial charge is 0.494 e. The number of benzene rings is 1. The van der Waals surface area contributed by atoms with Crippen LogP contribution in [0.2, 0.25) is 0 Å². The summed E-state index contributed by atoms with van der Waals surface area (Å²) >= 11 is 0. The molecular formula is C13H18N2O3. The van der Waals surface area contributed by atoms with Gasteiger partial charge in [-0.25, -0.2) is 0 Å². The van der Waals surface area contributed by atoms with Crippen molar-refractivity contribution in [3.05, 3.63) is 18.2 Å². The number of ether oxygens (including phenoxy) is 2. The van der Waals surface area contributed by atoms with Crippen molar-refractivity contribution in [2.24, 2.45) is 0 Å². The van der Waals surface area contributed by atoms with Crippen molar-refractivity contribution in [3.8, 4) is 11.5 Å². The minimum atomic E-state index is -0.125. The number of para-hydroxylation sites is 1. The average molecular weight is 250 g/mol. The Morgan fingerprint density at radius 3 is 2.50 bits per heavy atom. The summed E-state index contributed by atoms with van der Waals surface area (Å²) in [6, 6.07) is 5.28. The third kappa shape index (κ3) is 2.56. The van der Waals surface area contributed by atoms with Crippen molar-refractivity contribution >= 4 is 11.6 Å². The van der Waals surface area contributed by atoms with Crippen molar-refractivity contribution in [3.63, 3.8) is 0 Å². The molecule has 98 valence electrons. The molecule has 18 heavy (non-hydrogen) atoms. The maximum Gasteiger partial charge on any atom is 0.241 e. The van der Waals surface area contributed by atoms with E-state index in [1.165, 1.54) is 0 Å². The molecule has 1 aliphatic heterocycles. The first-order chi connectivity index (χ1) is 8.76. The molecule has 0 bridgehead atoms. The molecule has 0 saturated carbocycles. The van der Waals surface area contributed by atoms with Crippen LogP contribution in [0, 0.1) is 0 Å². The number of rotatable bonds is 4. The summed E-state index contributed by atoms with van der Waals surface area (Å²) in [7, 11) is 3.14. The van der Waals surface area contributed by atoms with Gasteiger partial charge in [-0.05, 0) is 31.5 Å². The highest BCUT2D eigenvalue weighted by molar-refractivity contribution is 5.97. The smallest absolute Gasteiger partial charge is 0.241 e. The van der Waals surface area contributed by atoms with E-state index in [1.807, 2.05) is 6.07 Å². The van der Waals surface area contributed by atoms with Gasteiger partial charge in [0.05, 0.1) is 20.3 Å². The topological polar surface area (TPSA) is 59.6 Å². The van der Waals surface area contributed by atoms with Crippen LogP contribution in [0.1, 0.15) is 12.8 Å². The molecule has 5 nitrogen and oxygen atoms in total. The number of carbonyl (C=O) groups excluding carboxylic acids is 1. The van der Waals surface area contributed by atoms with Gasteiger partial charge in [-0.1, -0.05) is 6.07 Å². The number of methoxy groups -OCH3 is 2. The van der Waals surface area contributed by atoms with E-state index in [4.69, 9.17) is 9.47 Å². The van der Waals surface area contributed by atoms with E-state index >= 15 is 0 Å². The van der Waals surface area contributed by atoms with Crippen LogP contribution in [0.4, 0.5) is 5.69 Å². The zero-order valence-corrected chi connectivity index (χ0v) is 10.7. The van der Waals surface area contributed by atoms with E-state index in [2.05, 4.69) is 10.6 Å². The Morgan fingerprint density at radius 1 is 1.33 bits per heavy atom. The number of carbonyl (C=O) groups is 1. The Hall–Kier alpha value is -1.75. The Bertz CT molecular complexity index is 406. The van der Waals surface area contributed by atoms with Gasteiger partial charge in [-0.2, -0.15) is 0 Å². The van der Waals surface area contributed by atoms with Crippen molar-refractivity contribution in [1.29, 1.82) is 0 Å². The number of nitrogens with one attached hydrogen (secondary N) is 2. The molecule has 0 radical (unpaired) electrons. The maximum absolute atomic E-state index is 12.1. The Kier molecular flexibility index (Phi) is 4.04. The van der Waals surface area contributed by atoms with Gasteiger partial charge in [0.25, 0.3) is 0 Å². The third-order valence-electron chi connectivity index (χ3n) is 3.05. The number of anilines is 1. The fraction of sp³-hybridized carbons (Fsp3) is 0.462. The van der Waals surface area contributed by atoms with E-state index in [-0.39, 0.29) is 11.9 Å². The van der Waals surface area contributed by atoms with Gasteiger partial charge in [-0.3, -0.25) is 4.79 Å². The predicted molar refractivity (Wildman–Crippen MR) is 69.2 cm³/mol. The Balaban J connectivity index is 2.18. The van der Waals surface area contributed by atoms with Gasteiger partial charge < -0.3 is 20.1 Å². The molecule has 2 N–H and O–H groups in total. The van der Waals surface area contributed by atoms with Crippen LogP contribution in [0.3, 0.4) is 0 Å². The molecular weight excluding hydrogens is 232 g/mol. The molecule has 0 aliphatic carbocycles. The van der Waals surface area contributed by atoms with Gasteiger partial charge in [0.2, 0.25) is 5.91 Å². The van der Waals surface area contributed by atoms with E-state index in [1.54, 1.807) is 26.4 Å². The van der Waals surface area contributed by atoms with E-state index < -0.39 is 0 Å².